The second-order valence-electron chi connectivity index (χ2n) is 8.90. The first-order valence-corrected chi connectivity index (χ1v) is 12.3. The van der Waals surface area contributed by atoms with Crippen LogP contribution in [0, 0.1) is 0 Å². The number of hydrogen-bond donors (Lipinski definition) is 2. The molecular weight excluding hydrogens is 460 g/mol. The Morgan fingerprint density at radius 2 is 1.72 bits per heavy atom. The van der Waals surface area contributed by atoms with E-state index in [-0.39, 0.29) is 23.2 Å². The molecule has 1 aliphatic rings. The number of hydrogen-bond acceptors (Lipinski definition) is 6. The van der Waals surface area contributed by atoms with Gasteiger partial charge in [-0.15, -0.1) is 0 Å². The Morgan fingerprint density at radius 1 is 1.00 bits per heavy atom. The topological polar surface area (TPSA) is 119 Å². The molecule has 0 atom stereocenters. The molecule has 3 aromatic rings. The molecule has 0 unspecified atom stereocenters. The minimum atomic E-state index is -0.802. The Morgan fingerprint density at radius 3 is 2.47 bits per heavy atom. The molecule has 2 aromatic carbocycles. The highest BCUT2D eigenvalue weighted by Gasteiger charge is 2.25. The van der Waals surface area contributed by atoms with Crippen molar-refractivity contribution < 1.29 is 19.1 Å². The van der Waals surface area contributed by atoms with Gasteiger partial charge in [0.05, 0.1) is 16.6 Å². The molecule has 0 aliphatic heterocycles. The summed E-state index contributed by atoms with van der Waals surface area (Å²) in [5, 5.41) is 10.5. The number of anilines is 1. The molecule has 1 aromatic heterocycles. The highest BCUT2D eigenvalue weighted by molar-refractivity contribution is 6.05. The van der Waals surface area contributed by atoms with Gasteiger partial charge in [0.1, 0.15) is 0 Å². The molecule has 1 heterocycles. The van der Waals surface area contributed by atoms with E-state index in [1.165, 1.54) is 4.68 Å². The standard InChI is InChI=1S/C27H30N4O5/c1-2-3-4-9-16-31-26(34)20-11-6-5-10-19(20)24(30-31)27(35)36-17-23(32)29-22-13-8-7-12-21(22)25(33)28-18-14-15-18/h5-8,10-13,18H,2-4,9,14-17H2,1H3,(H,28,33)(H,29,32). The highest BCUT2D eigenvalue weighted by atomic mass is 16.5. The molecule has 4 rings (SSSR count). The van der Waals surface area contributed by atoms with Crippen molar-refractivity contribution >= 4 is 34.2 Å². The number of aryl methyl sites for hydroxylation is 1. The number of benzene rings is 2. The second kappa shape index (κ2) is 11.6. The number of rotatable bonds is 11. The van der Waals surface area contributed by atoms with Crippen molar-refractivity contribution in [3.05, 3.63) is 70.1 Å². The van der Waals surface area contributed by atoms with Crippen LogP contribution < -0.4 is 16.2 Å². The molecule has 0 radical (unpaired) electrons. The monoisotopic (exact) mass is 490 g/mol. The van der Waals surface area contributed by atoms with Crippen LogP contribution in [0.4, 0.5) is 5.69 Å². The van der Waals surface area contributed by atoms with Gasteiger partial charge < -0.3 is 15.4 Å². The number of aromatic nitrogens is 2. The Balaban J connectivity index is 1.45. The summed E-state index contributed by atoms with van der Waals surface area (Å²) in [6.45, 7) is 1.93. The lowest BCUT2D eigenvalue weighted by molar-refractivity contribution is -0.119. The molecule has 2 amide bonds. The molecule has 2 N–H and O–H groups in total. The zero-order valence-corrected chi connectivity index (χ0v) is 20.3. The molecule has 0 bridgehead atoms. The summed E-state index contributed by atoms with van der Waals surface area (Å²) in [5.74, 6) is -1.65. The highest BCUT2D eigenvalue weighted by Crippen LogP contribution is 2.21. The van der Waals surface area contributed by atoms with Crippen molar-refractivity contribution in [3.63, 3.8) is 0 Å². The van der Waals surface area contributed by atoms with E-state index in [9.17, 15) is 19.2 Å². The number of carbonyl (C=O) groups is 3. The SMILES string of the molecule is CCCCCCn1nc(C(=O)OCC(=O)Nc2ccccc2C(=O)NC2CC2)c2ccccc2c1=O. The normalized spacial score (nSPS) is 12.8. The number of para-hydroxylation sites is 1. The molecule has 0 saturated heterocycles. The largest absolute Gasteiger partial charge is 0.451 e. The third-order valence-corrected chi connectivity index (χ3v) is 5.98. The van der Waals surface area contributed by atoms with E-state index >= 15 is 0 Å². The van der Waals surface area contributed by atoms with E-state index in [1.54, 1.807) is 48.5 Å². The van der Waals surface area contributed by atoms with Gasteiger partial charge in [-0.1, -0.05) is 56.5 Å². The summed E-state index contributed by atoms with van der Waals surface area (Å²) < 4.78 is 6.55. The number of carbonyl (C=O) groups excluding carboxylic acids is 3. The van der Waals surface area contributed by atoms with Crippen LogP contribution in [-0.4, -0.2) is 40.2 Å². The second-order valence-corrected chi connectivity index (χ2v) is 8.90. The fraction of sp³-hybridized carbons (Fsp3) is 0.370. The van der Waals surface area contributed by atoms with Gasteiger partial charge in [-0.05, 0) is 37.5 Å². The predicted molar refractivity (Wildman–Crippen MR) is 136 cm³/mol. The van der Waals surface area contributed by atoms with E-state index < -0.39 is 18.5 Å². The molecule has 9 nitrogen and oxygen atoms in total. The minimum absolute atomic E-state index is 0.0160. The number of amides is 2. The van der Waals surface area contributed by atoms with E-state index in [0.717, 1.165) is 38.5 Å². The van der Waals surface area contributed by atoms with E-state index in [0.29, 0.717) is 28.6 Å². The zero-order valence-electron chi connectivity index (χ0n) is 20.3. The lowest BCUT2D eigenvalue weighted by Gasteiger charge is -2.12. The molecule has 36 heavy (non-hydrogen) atoms. The van der Waals surface area contributed by atoms with Crippen molar-refractivity contribution in [1.82, 2.24) is 15.1 Å². The summed E-state index contributed by atoms with van der Waals surface area (Å²) in [6, 6.07) is 13.6. The van der Waals surface area contributed by atoms with E-state index in [1.807, 2.05) is 0 Å². The average molecular weight is 491 g/mol. The first kappa shape index (κ1) is 25.1. The Bertz CT molecular complexity index is 1330. The van der Waals surface area contributed by atoms with Crippen LogP contribution in [0.2, 0.25) is 0 Å². The maximum Gasteiger partial charge on any atom is 0.359 e. The predicted octanol–water partition coefficient (Wildman–Crippen LogP) is 3.66. The number of fused-ring (bicyclic) bond motifs is 1. The number of esters is 1. The third-order valence-electron chi connectivity index (χ3n) is 5.98. The van der Waals surface area contributed by atoms with Gasteiger partial charge in [0.25, 0.3) is 17.4 Å². The fourth-order valence-corrected chi connectivity index (χ4v) is 3.89. The molecule has 0 spiro atoms. The lowest BCUT2D eigenvalue weighted by Crippen LogP contribution is -2.29. The van der Waals surface area contributed by atoms with Gasteiger partial charge in [-0.25, -0.2) is 9.48 Å². The number of nitrogens with one attached hydrogen (secondary N) is 2. The number of ether oxygens (including phenoxy) is 1. The molecule has 9 heteroatoms. The minimum Gasteiger partial charge on any atom is -0.451 e. The first-order valence-electron chi connectivity index (χ1n) is 12.3. The zero-order chi connectivity index (χ0) is 25.5. The van der Waals surface area contributed by atoms with Crippen molar-refractivity contribution in [1.29, 1.82) is 0 Å². The summed E-state index contributed by atoms with van der Waals surface area (Å²) in [5.41, 5.74) is 0.392. The molecule has 1 fully saturated rings. The lowest BCUT2D eigenvalue weighted by atomic mass is 10.1. The molecule has 188 valence electrons. The van der Waals surface area contributed by atoms with Gasteiger partial charge in [-0.2, -0.15) is 5.10 Å². The van der Waals surface area contributed by atoms with Crippen LogP contribution >= 0.6 is 0 Å². The van der Waals surface area contributed by atoms with Crippen LogP contribution in [0.25, 0.3) is 10.8 Å². The fourth-order valence-electron chi connectivity index (χ4n) is 3.89. The maximum atomic E-state index is 12.9. The Kier molecular flexibility index (Phi) is 8.10. The Labute approximate surface area is 208 Å². The van der Waals surface area contributed by atoms with Crippen molar-refractivity contribution in [2.24, 2.45) is 0 Å². The number of unbranched alkanes of at least 4 members (excludes halogenated alkanes) is 3. The van der Waals surface area contributed by atoms with Gasteiger partial charge in [0.2, 0.25) is 0 Å². The number of nitrogens with zero attached hydrogens (tertiary/aromatic N) is 2. The van der Waals surface area contributed by atoms with Crippen LogP contribution in [0.3, 0.4) is 0 Å². The van der Waals surface area contributed by atoms with Crippen LogP contribution in [0.1, 0.15) is 66.3 Å². The summed E-state index contributed by atoms with van der Waals surface area (Å²) in [7, 11) is 0. The maximum absolute atomic E-state index is 12.9. The van der Waals surface area contributed by atoms with Crippen LogP contribution in [-0.2, 0) is 16.1 Å². The van der Waals surface area contributed by atoms with E-state index in [2.05, 4.69) is 22.7 Å². The van der Waals surface area contributed by atoms with Gasteiger partial charge in [-0.3, -0.25) is 14.4 Å². The van der Waals surface area contributed by atoms with Crippen LogP contribution in [0.5, 0.6) is 0 Å². The Hall–Kier alpha value is -4.01. The van der Waals surface area contributed by atoms with Gasteiger partial charge >= 0.3 is 5.97 Å². The van der Waals surface area contributed by atoms with Crippen molar-refractivity contribution in [2.45, 2.75) is 58.0 Å². The van der Waals surface area contributed by atoms with Gasteiger partial charge in [0, 0.05) is 18.0 Å². The smallest absolute Gasteiger partial charge is 0.359 e. The summed E-state index contributed by atoms with van der Waals surface area (Å²) in [6.07, 6.45) is 5.74. The van der Waals surface area contributed by atoms with Crippen LogP contribution in [0.15, 0.2) is 53.3 Å². The van der Waals surface area contributed by atoms with E-state index in [4.69, 9.17) is 4.74 Å². The van der Waals surface area contributed by atoms with Crippen molar-refractivity contribution in [3.8, 4) is 0 Å². The molecule has 1 saturated carbocycles. The van der Waals surface area contributed by atoms with Crippen molar-refractivity contribution in [2.75, 3.05) is 11.9 Å². The van der Waals surface area contributed by atoms with Gasteiger partial charge in [0.15, 0.2) is 12.3 Å². The quantitative estimate of drug-likeness (QED) is 0.313. The summed E-state index contributed by atoms with van der Waals surface area (Å²) in [4.78, 5) is 50.8. The average Bonchev–Trinajstić information content (AvgIpc) is 3.70. The molecular formula is C27H30N4O5. The third kappa shape index (κ3) is 6.16. The first-order chi connectivity index (χ1) is 17.5. The summed E-state index contributed by atoms with van der Waals surface area (Å²) >= 11 is 0. The molecule has 1 aliphatic carbocycles.